The molecule has 1 aromatic carbocycles. The number of anilines is 1. The lowest BCUT2D eigenvalue weighted by molar-refractivity contribution is 0.433. The van der Waals surface area contributed by atoms with Crippen LogP contribution in [0.15, 0.2) is 28.8 Å². The molecule has 0 saturated heterocycles. The summed E-state index contributed by atoms with van der Waals surface area (Å²) in [5.74, 6) is 0.495. The second kappa shape index (κ2) is 4.30. The van der Waals surface area contributed by atoms with Gasteiger partial charge < -0.3 is 10.3 Å². The molecule has 6 heteroatoms. The molecule has 14 heavy (non-hydrogen) atoms. The standard InChI is InChI=1S/C8H6ClN3O.ClH/c9-6-3-1-2-5(4-6)7-11-8(10)12-13-7;/h1-4H,(H2,10,12);1H. The average molecular weight is 232 g/mol. The third-order valence-electron chi connectivity index (χ3n) is 1.51. The molecule has 0 aliphatic rings. The van der Waals surface area contributed by atoms with E-state index in [2.05, 4.69) is 10.1 Å². The van der Waals surface area contributed by atoms with Crippen molar-refractivity contribution >= 4 is 30.0 Å². The van der Waals surface area contributed by atoms with Gasteiger partial charge in [-0.05, 0) is 23.4 Å². The lowest BCUT2D eigenvalue weighted by Crippen LogP contribution is -1.85. The van der Waals surface area contributed by atoms with Crippen molar-refractivity contribution in [2.45, 2.75) is 0 Å². The van der Waals surface area contributed by atoms with Crippen LogP contribution in [-0.4, -0.2) is 10.1 Å². The van der Waals surface area contributed by atoms with Crippen LogP contribution in [0, 0.1) is 0 Å². The summed E-state index contributed by atoms with van der Waals surface area (Å²) in [5.41, 5.74) is 6.07. The van der Waals surface area contributed by atoms with Crippen LogP contribution in [0.2, 0.25) is 5.02 Å². The molecule has 4 nitrogen and oxygen atoms in total. The Morgan fingerprint density at radius 1 is 1.36 bits per heavy atom. The van der Waals surface area contributed by atoms with E-state index in [0.717, 1.165) is 5.56 Å². The summed E-state index contributed by atoms with van der Waals surface area (Å²) in [6.45, 7) is 0. The van der Waals surface area contributed by atoms with Gasteiger partial charge in [0.2, 0.25) is 0 Å². The zero-order chi connectivity index (χ0) is 9.26. The highest BCUT2D eigenvalue weighted by molar-refractivity contribution is 6.30. The molecule has 0 fully saturated rings. The highest BCUT2D eigenvalue weighted by Crippen LogP contribution is 2.20. The van der Waals surface area contributed by atoms with Crippen LogP contribution in [0.1, 0.15) is 0 Å². The van der Waals surface area contributed by atoms with Crippen molar-refractivity contribution in [1.29, 1.82) is 0 Å². The highest BCUT2D eigenvalue weighted by atomic mass is 35.5. The van der Waals surface area contributed by atoms with Gasteiger partial charge in [0.25, 0.3) is 11.8 Å². The Bertz CT molecular complexity index is 430. The van der Waals surface area contributed by atoms with E-state index >= 15 is 0 Å². The molecule has 0 aliphatic heterocycles. The number of aromatic nitrogens is 2. The lowest BCUT2D eigenvalue weighted by Gasteiger charge is -1.93. The Balaban J connectivity index is 0.000000980. The van der Waals surface area contributed by atoms with Gasteiger partial charge in [-0.2, -0.15) is 4.98 Å². The normalized spacial score (nSPS) is 9.50. The molecule has 1 aromatic heterocycles. The molecule has 74 valence electrons. The maximum absolute atomic E-state index is 5.78. The van der Waals surface area contributed by atoms with Gasteiger partial charge in [-0.1, -0.05) is 17.7 Å². The molecule has 2 N–H and O–H groups in total. The van der Waals surface area contributed by atoms with E-state index in [0.29, 0.717) is 10.9 Å². The first kappa shape index (κ1) is 10.8. The third-order valence-corrected chi connectivity index (χ3v) is 1.75. The van der Waals surface area contributed by atoms with E-state index in [1.54, 1.807) is 18.2 Å². The first-order valence-electron chi connectivity index (χ1n) is 3.61. The fourth-order valence-electron chi connectivity index (χ4n) is 0.974. The summed E-state index contributed by atoms with van der Waals surface area (Å²) in [7, 11) is 0. The topological polar surface area (TPSA) is 64.9 Å². The third kappa shape index (κ3) is 2.16. The first-order chi connectivity index (χ1) is 6.25. The number of nitrogen functional groups attached to an aromatic ring is 1. The Morgan fingerprint density at radius 3 is 2.71 bits per heavy atom. The first-order valence-corrected chi connectivity index (χ1v) is 3.98. The molecule has 0 bridgehead atoms. The Hall–Kier alpha value is -1.26. The number of benzene rings is 1. The molecule has 0 unspecified atom stereocenters. The van der Waals surface area contributed by atoms with Crippen LogP contribution in [0.5, 0.6) is 0 Å². The van der Waals surface area contributed by atoms with Crippen LogP contribution in [-0.2, 0) is 0 Å². The number of nitrogens with two attached hydrogens (primary N) is 1. The molecule has 0 saturated carbocycles. The van der Waals surface area contributed by atoms with E-state index in [1.807, 2.05) is 6.07 Å². The second-order valence-electron chi connectivity index (χ2n) is 2.47. The van der Waals surface area contributed by atoms with Crippen molar-refractivity contribution in [3.8, 4) is 11.5 Å². The molecule has 0 atom stereocenters. The summed E-state index contributed by atoms with van der Waals surface area (Å²) in [6.07, 6.45) is 0. The van der Waals surface area contributed by atoms with E-state index in [1.165, 1.54) is 0 Å². The molecule has 0 radical (unpaired) electrons. The van der Waals surface area contributed by atoms with Gasteiger partial charge in [0.05, 0.1) is 0 Å². The van der Waals surface area contributed by atoms with Gasteiger partial charge in [-0.15, -0.1) is 12.4 Å². The number of rotatable bonds is 1. The summed E-state index contributed by atoms with van der Waals surface area (Å²) < 4.78 is 4.86. The van der Waals surface area contributed by atoms with Gasteiger partial charge in [0.15, 0.2) is 0 Å². The van der Waals surface area contributed by atoms with Crippen LogP contribution < -0.4 is 5.73 Å². The Kier molecular flexibility index (Phi) is 3.33. The van der Waals surface area contributed by atoms with Crippen molar-refractivity contribution in [3.63, 3.8) is 0 Å². The molecule has 1 heterocycles. The number of halogens is 2. The number of hydrogen-bond acceptors (Lipinski definition) is 4. The molecule has 0 spiro atoms. The number of nitrogens with zero attached hydrogens (tertiary/aromatic N) is 2. The van der Waals surface area contributed by atoms with Crippen LogP contribution in [0.4, 0.5) is 5.95 Å². The second-order valence-corrected chi connectivity index (χ2v) is 2.90. The molecular formula is C8H7Cl2N3O. The summed E-state index contributed by atoms with van der Waals surface area (Å²) in [6, 6.07) is 7.12. The van der Waals surface area contributed by atoms with Crippen LogP contribution in [0.3, 0.4) is 0 Å². The highest BCUT2D eigenvalue weighted by Gasteiger charge is 2.05. The predicted octanol–water partition coefficient (Wildman–Crippen LogP) is 2.39. The van der Waals surface area contributed by atoms with E-state index < -0.39 is 0 Å². The predicted molar refractivity (Wildman–Crippen MR) is 56.4 cm³/mol. The largest absolute Gasteiger partial charge is 0.365 e. The molecule has 2 rings (SSSR count). The maximum Gasteiger partial charge on any atom is 0.261 e. The molecule has 0 amide bonds. The quantitative estimate of drug-likeness (QED) is 0.819. The summed E-state index contributed by atoms with van der Waals surface area (Å²) in [5, 5.41) is 4.09. The Morgan fingerprint density at radius 2 is 2.14 bits per heavy atom. The Labute approximate surface area is 91.5 Å². The van der Waals surface area contributed by atoms with E-state index in [4.69, 9.17) is 21.9 Å². The van der Waals surface area contributed by atoms with Crippen molar-refractivity contribution in [3.05, 3.63) is 29.3 Å². The van der Waals surface area contributed by atoms with Gasteiger partial charge in [0.1, 0.15) is 0 Å². The lowest BCUT2D eigenvalue weighted by atomic mass is 10.2. The fourth-order valence-corrected chi connectivity index (χ4v) is 1.16. The van der Waals surface area contributed by atoms with Crippen molar-refractivity contribution in [2.75, 3.05) is 5.73 Å². The minimum Gasteiger partial charge on any atom is -0.365 e. The maximum atomic E-state index is 5.78. The molecule has 2 aromatic rings. The smallest absolute Gasteiger partial charge is 0.261 e. The summed E-state index contributed by atoms with van der Waals surface area (Å²) >= 11 is 5.78. The zero-order valence-corrected chi connectivity index (χ0v) is 8.55. The van der Waals surface area contributed by atoms with E-state index in [-0.39, 0.29) is 18.4 Å². The minimum atomic E-state index is 0. The monoisotopic (exact) mass is 231 g/mol. The minimum absolute atomic E-state index is 0. The fraction of sp³-hybridized carbons (Fsp3) is 0. The van der Waals surface area contributed by atoms with Gasteiger partial charge in [-0.3, -0.25) is 0 Å². The summed E-state index contributed by atoms with van der Waals surface area (Å²) in [4.78, 5) is 3.86. The van der Waals surface area contributed by atoms with Crippen molar-refractivity contribution in [2.24, 2.45) is 0 Å². The van der Waals surface area contributed by atoms with Crippen molar-refractivity contribution in [1.82, 2.24) is 10.1 Å². The van der Waals surface area contributed by atoms with Gasteiger partial charge in [-0.25, -0.2) is 0 Å². The van der Waals surface area contributed by atoms with E-state index in [9.17, 15) is 0 Å². The zero-order valence-electron chi connectivity index (χ0n) is 6.98. The van der Waals surface area contributed by atoms with Gasteiger partial charge >= 0.3 is 0 Å². The van der Waals surface area contributed by atoms with Crippen molar-refractivity contribution < 1.29 is 4.52 Å². The van der Waals surface area contributed by atoms with Crippen LogP contribution in [0.25, 0.3) is 11.5 Å². The average Bonchev–Trinajstić information content (AvgIpc) is 2.52. The number of hydrogen-bond donors (Lipinski definition) is 1. The molecule has 0 aliphatic carbocycles. The van der Waals surface area contributed by atoms with Gasteiger partial charge in [0, 0.05) is 10.6 Å². The van der Waals surface area contributed by atoms with Crippen LogP contribution >= 0.6 is 24.0 Å². The SMILES string of the molecule is Cl.Nc1noc(-c2cccc(Cl)c2)n1. The molecular weight excluding hydrogens is 225 g/mol.